The van der Waals surface area contributed by atoms with Gasteiger partial charge in [-0.2, -0.15) is 0 Å². The van der Waals surface area contributed by atoms with Crippen LogP contribution in [0.25, 0.3) is 0 Å². The van der Waals surface area contributed by atoms with Gasteiger partial charge in [-0.25, -0.2) is 0 Å². The summed E-state index contributed by atoms with van der Waals surface area (Å²) in [6, 6.07) is 0.413. The minimum absolute atomic E-state index is 0.413. The third kappa shape index (κ3) is 5.03. The maximum Gasteiger partial charge on any atom is 0.0196 e. The Kier molecular flexibility index (Phi) is 6.07. The first-order valence-electron chi connectivity index (χ1n) is 8.00. The van der Waals surface area contributed by atoms with Crippen LogP contribution in [-0.2, 0) is 0 Å². The van der Waals surface area contributed by atoms with Gasteiger partial charge in [-0.15, -0.1) is 0 Å². The van der Waals surface area contributed by atoms with Crippen molar-refractivity contribution in [3.8, 4) is 0 Å². The summed E-state index contributed by atoms with van der Waals surface area (Å²) in [6.45, 7) is 8.32. The van der Waals surface area contributed by atoms with Crippen LogP contribution in [0.15, 0.2) is 0 Å². The van der Waals surface area contributed by atoms with Crippen LogP contribution in [0.5, 0.6) is 0 Å². The van der Waals surface area contributed by atoms with Gasteiger partial charge >= 0.3 is 0 Å². The molecule has 0 aromatic rings. The van der Waals surface area contributed by atoms with Gasteiger partial charge in [-0.1, -0.05) is 12.8 Å². The zero-order valence-corrected chi connectivity index (χ0v) is 12.9. The fourth-order valence-corrected chi connectivity index (χ4v) is 3.37. The minimum atomic E-state index is 0.413. The van der Waals surface area contributed by atoms with Crippen molar-refractivity contribution in [2.75, 3.05) is 59.9 Å². The van der Waals surface area contributed by atoms with Crippen molar-refractivity contribution >= 4 is 0 Å². The van der Waals surface area contributed by atoms with Gasteiger partial charge in [0.2, 0.25) is 0 Å². The van der Waals surface area contributed by atoms with E-state index in [-0.39, 0.29) is 0 Å². The summed E-state index contributed by atoms with van der Waals surface area (Å²) in [5, 5.41) is 0. The number of piperazine rings is 1. The Morgan fingerprint density at radius 3 is 2.21 bits per heavy atom. The maximum atomic E-state index is 6.38. The van der Waals surface area contributed by atoms with Gasteiger partial charge in [0.1, 0.15) is 0 Å². The molecule has 0 aromatic carbocycles. The van der Waals surface area contributed by atoms with E-state index in [1.165, 1.54) is 65.0 Å². The lowest BCUT2D eigenvalue weighted by molar-refractivity contribution is 0.114. The molecule has 2 aliphatic rings. The van der Waals surface area contributed by atoms with E-state index in [2.05, 4.69) is 28.8 Å². The second-order valence-electron chi connectivity index (χ2n) is 6.65. The van der Waals surface area contributed by atoms with E-state index >= 15 is 0 Å². The normalized spacial score (nSPS) is 25.3. The number of rotatable bonds is 6. The highest BCUT2D eigenvalue weighted by Crippen LogP contribution is 2.27. The molecule has 1 heterocycles. The summed E-state index contributed by atoms with van der Waals surface area (Å²) >= 11 is 0. The molecule has 1 saturated carbocycles. The zero-order valence-electron chi connectivity index (χ0n) is 12.9. The molecule has 2 fully saturated rings. The van der Waals surface area contributed by atoms with E-state index in [1.54, 1.807) is 0 Å². The molecule has 1 aliphatic carbocycles. The molecule has 0 radical (unpaired) electrons. The smallest absolute Gasteiger partial charge is 0.0196 e. The summed E-state index contributed by atoms with van der Waals surface area (Å²) < 4.78 is 0. The maximum absolute atomic E-state index is 6.38. The molecule has 1 unspecified atom stereocenters. The Labute approximate surface area is 118 Å². The molecule has 0 bridgehead atoms. The molecule has 0 aromatic heterocycles. The predicted molar refractivity (Wildman–Crippen MR) is 81.4 cm³/mol. The van der Waals surface area contributed by atoms with E-state index in [1.807, 2.05) is 0 Å². The Bertz CT molecular complexity index is 243. The molecule has 4 nitrogen and oxygen atoms in total. The van der Waals surface area contributed by atoms with Crippen molar-refractivity contribution in [1.29, 1.82) is 0 Å². The third-order valence-electron chi connectivity index (χ3n) is 4.80. The molecule has 112 valence electrons. The van der Waals surface area contributed by atoms with Crippen molar-refractivity contribution < 1.29 is 0 Å². The highest BCUT2D eigenvalue weighted by Gasteiger charge is 2.25. The fraction of sp³-hybridized carbons (Fsp3) is 1.00. The topological polar surface area (TPSA) is 35.7 Å². The first kappa shape index (κ1) is 15.2. The molecular weight excluding hydrogens is 236 g/mol. The van der Waals surface area contributed by atoms with Crippen molar-refractivity contribution in [3.63, 3.8) is 0 Å². The first-order chi connectivity index (χ1) is 9.15. The lowest BCUT2D eigenvalue weighted by Crippen LogP contribution is -2.51. The number of likely N-dealkylation sites (N-methyl/N-ethyl adjacent to an activating group) is 1. The average molecular weight is 268 g/mol. The molecule has 4 heteroatoms. The van der Waals surface area contributed by atoms with Crippen molar-refractivity contribution in [1.82, 2.24) is 14.7 Å². The summed E-state index contributed by atoms with van der Waals surface area (Å²) in [5.41, 5.74) is 6.38. The second kappa shape index (κ2) is 7.58. The van der Waals surface area contributed by atoms with E-state index in [0.29, 0.717) is 6.04 Å². The van der Waals surface area contributed by atoms with Gasteiger partial charge in [0, 0.05) is 51.9 Å². The highest BCUT2D eigenvalue weighted by atomic mass is 15.3. The number of hydrogen-bond acceptors (Lipinski definition) is 4. The first-order valence-corrected chi connectivity index (χ1v) is 8.00. The van der Waals surface area contributed by atoms with E-state index in [0.717, 1.165) is 12.5 Å². The van der Waals surface area contributed by atoms with Gasteiger partial charge in [0.05, 0.1) is 0 Å². The van der Waals surface area contributed by atoms with Crippen molar-refractivity contribution in [3.05, 3.63) is 0 Å². The Morgan fingerprint density at radius 2 is 1.63 bits per heavy atom. The van der Waals surface area contributed by atoms with Crippen LogP contribution in [-0.4, -0.2) is 80.7 Å². The van der Waals surface area contributed by atoms with Crippen LogP contribution in [0, 0.1) is 5.92 Å². The van der Waals surface area contributed by atoms with Gasteiger partial charge in [-0.3, -0.25) is 9.80 Å². The fourth-order valence-electron chi connectivity index (χ4n) is 3.37. The summed E-state index contributed by atoms with van der Waals surface area (Å²) in [7, 11) is 4.30. The average Bonchev–Trinajstić information content (AvgIpc) is 2.92. The molecule has 1 atom stereocenters. The largest absolute Gasteiger partial charge is 0.326 e. The molecule has 1 aliphatic heterocycles. The molecule has 0 amide bonds. The summed E-state index contributed by atoms with van der Waals surface area (Å²) in [4.78, 5) is 7.43. The van der Waals surface area contributed by atoms with Gasteiger partial charge in [0.25, 0.3) is 0 Å². The Morgan fingerprint density at radius 1 is 1.05 bits per heavy atom. The third-order valence-corrected chi connectivity index (χ3v) is 4.80. The summed E-state index contributed by atoms with van der Waals surface area (Å²) in [5.74, 6) is 0.798. The van der Waals surface area contributed by atoms with Gasteiger partial charge in [-0.05, 0) is 32.9 Å². The lowest BCUT2D eigenvalue weighted by atomic mass is 9.98. The van der Waals surface area contributed by atoms with E-state index in [9.17, 15) is 0 Å². The number of nitrogens with two attached hydrogens (primary N) is 1. The number of hydrogen-bond donors (Lipinski definition) is 1. The zero-order chi connectivity index (χ0) is 13.7. The van der Waals surface area contributed by atoms with E-state index < -0.39 is 0 Å². The molecule has 2 rings (SSSR count). The Balaban J connectivity index is 1.62. The highest BCUT2D eigenvalue weighted by molar-refractivity contribution is 4.82. The van der Waals surface area contributed by atoms with Crippen molar-refractivity contribution in [2.45, 2.75) is 31.7 Å². The second-order valence-corrected chi connectivity index (χ2v) is 6.65. The molecule has 2 N–H and O–H groups in total. The van der Waals surface area contributed by atoms with Crippen LogP contribution in [0.3, 0.4) is 0 Å². The predicted octanol–water partition coefficient (Wildman–Crippen LogP) is 0.683. The SMILES string of the molecule is CN(C)CCN1CCN(CC(N)C2CCCC2)CC1. The molecular formula is C15H32N4. The van der Waals surface area contributed by atoms with Crippen LogP contribution in [0.1, 0.15) is 25.7 Å². The van der Waals surface area contributed by atoms with Crippen LogP contribution < -0.4 is 5.73 Å². The molecule has 0 spiro atoms. The van der Waals surface area contributed by atoms with Crippen molar-refractivity contribution in [2.24, 2.45) is 11.7 Å². The Hall–Kier alpha value is -0.160. The van der Waals surface area contributed by atoms with Gasteiger partial charge in [0.15, 0.2) is 0 Å². The summed E-state index contributed by atoms with van der Waals surface area (Å²) in [6.07, 6.45) is 5.53. The quantitative estimate of drug-likeness (QED) is 0.769. The number of nitrogens with zero attached hydrogens (tertiary/aromatic N) is 3. The standard InChI is InChI=1S/C15H32N4/c1-17(2)7-8-18-9-11-19(12-10-18)13-15(16)14-5-3-4-6-14/h14-15H,3-13,16H2,1-2H3. The monoisotopic (exact) mass is 268 g/mol. The lowest BCUT2D eigenvalue weighted by Gasteiger charge is -2.37. The molecule has 1 saturated heterocycles. The van der Waals surface area contributed by atoms with Gasteiger partial charge < -0.3 is 10.6 Å². The van der Waals surface area contributed by atoms with Crippen LogP contribution >= 0.6 is 0 Å². The van der Waals surface area contributed by atoms with Crippen LogP contribution in [0.2, 0.25) is 0 Å². The van der Waals surface area contributed by atoms with Crippen LogP contribution in [0.4, 0.5) is 0 Å². The van der Waals surface area contributed by atoms with E-state index in [4.69, 9.17) is 5.73 Å². The molecule has 19 heavy (non-hydrogen) atoms. The minimum Gasteiger partial charge on any atom is -0.326 e.